The molecule has 0 fully saturated rings. The molecule has 0 saturated heterocycles. The van der Waals surface area contributed by atoms with Gasteiger partial charge in [-0.15, -0.1) is 0 Å². The summed E-state index contributed by atoms with van der Waals surface area (Å²) in [4.78, 5) is 12.4. The van der Waals surface area contributed by atoms with Gasteiger partial charge in [-0.05, 0) is 55.8 Å². The van der Waals surface area contributed by atoms with Crippen molar-refractivity contribution in [1.29, 1.82) is 0 Å². The normalized spacial score (nSPS) is 15.8. The Morgan fingerprint density at radius 2 is 2.10 bits per heavy atom. The van der Waals surface area contributed by atoms with Crippen LogP contribution >= 0.6 is 0 Å². The number of fused-ring (bicyclic) bond motifs is 1. The van der Waals surface area contributed by atoms with Crippen LogP contribution in [0.2, 0.25) is 0 Å². The highest BCUT2D eigenvalue weighted by molar-refractivity contribution is 5.96. The van der Waals surface area contributed by atoms with Crippen molar-refractivity contribution >= 4 is 5.91 Å². The quantitative estimate of drug-likeness (QED) is 0.867. The van der Waals surface area contributed by atoms with Crippen molar-refractivity contribution in [1.82, 2.24) is 10.6 Å². The molecule has 3 heteroatoms. The van der Waals surface area contributed by atoms with E-state index in [0.717, 1.165) is 37.9 Å². The largest absolute Gasteiger partial charge is 0.350 e. The van der Waals surface area contributed by atoms with Gasteiger partial charge in [-0.2, -0.15) is 0 Å². The summed E-state index contributed by atoms with van der Waals surface area (Å²) >= 11 is 0. The standard InChI is InChI=1S/C17H26N2O/c1-12(2)7-8-13(3)19-17(20)16-6-4-5-14-11-18-10-9-15(14)16/h4-6,12-13,18H,7-11H2,1-3H3,(H,19,20). The summed E-state index contributed by atoms with van der Waals surface area (Å²) in [5.74, 6) is 0.768. The van der Waals surface area contributed by atoms with Gasteiger partial charge in [0, 0.05) is 18.2 Å². The Hall–Kier alpha value is -1.35. The monoisotopic (exact) mass is 274 g/mol. The number of amides is 1. The molecule has 1 amide bonds. The van der Waals surface area contributed by atoms with Gasteiger partial charge in [0.1, 0.15) is 0 Å². The molecule has 110 valence electrons. The second kappa shape index (κ2) is 6.89. The zero-order valence-electron chi connectivity index (χ0n) is 12.8. The van der Waals surface area contributed by atoms with Crippen LogP contribution in [-0.2, 0) is 13.0 Å². The van der Waals surface area contributed by atoms with Crippen molar-refractivity contribution in [2.75, 3.05) is 6.54 Å². The summed E-state index contributed by atoms with van der Waals surface area (Å²) in [6.45, 7) is 8.36. The third-order valence-corrected chi connectivity index (χ3v) is 3.94. The molecule has 1 atom stereocenters. The summed E-state index contributed by atoms with van der Waals surface area (Å²) in [6.07, 6.45) is 3.14. The molecule has 1 aromatic carbocycles. The molecule has 1 aromatic rings. The first-order valence-electron chi connectivity index (χ1n) is 7.70. The number of hydrogen-bond acceptors (Lipinski definition) is 2. The molecule has 2 rings (SSSR count). The molecule has 0 radical (unpaired) electrons. The number of nitrogens with one attached hydrogen (secondary N) is 2. The van der Waals surface area contributed by atoms with Gasteiger partial charge < -0.3 is 10.6 Å². The molecule has 1 heterocycles. The van der Waals surface area contributed by atoms with Gasteiger partial charge in [0.05, 0.1) is 0 Å². The molecule has 0 spiro atoms. The predicted molar refractivity (Wildman–Crippen MR) is 82.9 cm³/mol. The molecule has 1 aliphatic heterocycles. The van der Waals surface area contributed by atoms with Crippen LogP contribution in [0.4, 0.5) is 0 Å². The maximum atomic E-state index is 12.4. The highest BCUT2D eigenvalue weighted by atomic mass is 16.1. The topological polar surface area (TPSA) is 41.1 Å². The summed E-state index contributed by atoms with van der Waals surface area (Å²) in [7, 11) is 0. The summed E-state index contributed by atoms with van der Waals surface area (Å²) in [5.41, 5.74) is 3.35. The maximum Gasteiger partial charge on any atom is 0.251 e. The van der Waals surface area contributed by atoms with Crippen LogP contribution in [0.25, 0.3) is 0 Å². The Kier molecular flexibility index (Phi) is 5.18. The second-order valence-corrected chi connectivity index (χ2v) is 6.22. The van der Waals surface area contributed by atoms with E-state index in [2.05, 4.69) is 37.5 Å². The van der Waals surface area contributed by atoms with Gasteiger partial charge in [0.2, 0.25) is 0 Å². The van der Waals surface area contributed by atoms with E-state index < -0.39 is 0 Å². The Labute approximate surface area is 122 Å². The smallest absolute Gasteiger partial charge is 0.251 e. The number of carbonyl (C=O) groups excluding carboxylic acids is 1. The van der Waals surface area contributed by atoms with Gasteiger partial charge >= 0.3 is 0 Å². The van der Waals surface area contributed by atoms with E-state index in [-0.39, 0.29) is 11.9 Å². The number of benzene rings is 1. The fraction of sp³-hybridized carbons (Fsp3) is 0.588. The van der Waals surface area contributed by atoms with E-state index in [4.69, 9.17) is 0 Å². The molecule has 0 bridgehead atoms. The molecular weight excluding hydrogens is 248 g/mol. The Bertz CT molecular complexity index is 468. The lowest BCUT2D eigenvalue weighted by atomic mass is 9.94. The van der Waals surface area contributed by atoms with E-state index in [1.807, 2.05) is 12.1 Å². The number of hydrogen-bond donors (Lipinski definition) is 2. The van der Waals surface area contributed by atoms with Crippen molar-refractivity contribution in [3.63, 3.8) is 0 Å². The number of rotatable bonds is 5. The Morgan fingerprint density at radius 1 is 1.30 bits per heavy atom. The van der Waals surface area contributed by atoms with Crippen molar-refractivity contribution in [3.05, 3.63) is 34.9 Å². The average Bonchev–Trinajstić information content (AvgIpc) is 2.44. The van der Waals surface area contributed by atoms with Gasteiger partial charge in [0.15, 0.2) is 0 Å². The maximum absolute atomic E-state index is 12.4. The van der Waals surface area contributed by atoms with Gasteiger partial charge in [0.25, 0.3) is 5.91 Å². The molecule has 1 aliphatic rings. The minimum Gasteiger partial charge on any atom is -0.350 e. The lowest BCUT2D eigenvalue weighted by Crippen LogP contribution is -2.34. The first kappa shape index (κ1) is 15.0. The van der Waals surface area contributed by atoms with Gasteiger partial charge in [-0.1, -0.05) is 26.0 Å². The van der Waals surface area contributed by atoms with E-state index in [0.29, 0.717) is 5.92 Å². The molecule has 0 aliphatic carbocycles. The first-order chi connectivity index (χ1) is 9.58. The van der Waals surface area contributed by atoms with E-state index in [1.165, 1.54) is 11.1 Å². The van der Waals surface area contributed by atoms with Crippen LogP contribution in [0.1, 0.15) is 55.1 Å². The summed E-state index contributed by atoms with van der Waals surface area (Å²) in [5, 5.41) is 6.49. The predicted octanol–water partition coefficient (Wildman–Crippen LogP) is 2.89. The van der Waals surface area contributed by atoms with Crippen LogP contribution in [0.5, 0.6) is 0 Å². The molecule has 2 N–H and O–H groups in total. The molecule has 1 unspecified atom stereocenters. The Balaban J connectivity index is 2.02. The minimum atomic E-state index is 0.0833. The highest BCUT2D eigenvalue weighted by Crippen LogP contribution is 2.19. The van der Waals surface area contributed by atoms with Gasteiger partial charge in [-0.25, -0.2) is 0 Å². The Morgan fingerprint density at radius 3 is 2.85 bits per heavy atom. The van der Waals surface area contributed by atoms with Gasteiger partial charge in [-0.3, -0.25) is 4.79 Å². The van der Waals surface area contributed by atoms with Crippen molar-refractivity contribution in [3.8, 4) is 0 Å². The van der Waals surface area contributed by atoms with Crippen molar-refractivity contribution < 1.29 is 4.79 Å². The lowest BCUT2D eigenvalue weighted by Gasteiger charge is -2.21. The zero-order valence-corrected chi connectivity index (χ0v) is 12.8. The number of carbonyl (C=O) groups is 1. The van der Waals surface area contributed by atoms with Crippen LogP contribution in [0.3, 0.4) is 0 Å². The third-order valence-electron chi connectivity index (χ3n) is 3.94. The van der Waals surface area contributed by atoms with E-state index in [9.17, 15) is 4.79 Å². The zero-order chi connectivity index (χ0) is 14.5. The average molecular weight is 274 g/mol. The third kappa shape index (κ3) is 3.83. The van der Waals surface area contributed by atoms with E-state index in [1.54, 1.807) is 0 Å². The summed E-state index contributed by atoms with van der Waals surface area (Å²) in [6, 6.07) is 6.29. The van der Waals surface area contributed by atoms with Crippen LogP contribution < -0.4 is 10.6 Å². The first-order valence-corrected chi connectivity index (χ1v) is 7.70. The SMILES string of the molecule is CC(C)CCC(C)NC(=O)c1cccc2c1CCNC2. The van der Waals surface area contributed by atoms with E-state index >= 15 is 0 Å². The van der Waals surface area contributed by atoms with Crippen molar-refractivity contribution in [2.45, 2.75) is 52.6 Å². The molecule has 0 aromatic heterocycles. The second-order valence-electron chi connectivity index (χ2n) is 6.22. The molecular formula is C17H26N2O. The van der Waals surface area contributed by atoms with Crippen LogP contribution in [-0.4, -0.2) is 18.5 Å². The minimum absolute atomic E-state index is 0.0833. The lowest BCUT2D eigenvalue weighted by molar-refractivity contribution is 0.0936. The van der Waals surface area contributed by atoms with Crippen molar-refractivity contribution in [2.24, 2.45) is 5.92 Å². The fourth-order valence-corrected chi connectivity index (χ4v) is 2.70. The highest BCUT2D eigenvalue weighted by Gasteiger charge is 2.18. The summed E-state index contributed by atoms with van der Waals surface area (Å²) < 4.78 is 0. The molecule has 0 saturated carbocycles. The fourth-order valence-electron chi connectivity index (χ4n) is 2.70. The molecule has 20 heavy (non-hydrogen) atoms. The molecule has 3 nitrogen and oxygen atoms in total. The van der Waals surface area contributed by atoms with Crippen LogP contribution in [0.15, 0.2) is 18.2 Å². The van der Waals surface area contributed by atoms with Crippen LogP contribution in [0, 0.1) is 5.92 Å².